The van der Waals surface area contributed by atoms with Gasteiger partial charge in [0.2, 0.25) is 0 Å². The molecular formula is C25H27N3O3S2. The van der Waals surface area contributed by atoms with Crippen LogP contribution in [0.1, 0.15) is 23.4 Å². The van der Waals surface area contributed by atoms with Gasteiger partial charge in [0.15, 0.2) is 6.61 Å². The van der Waals surface area contributed by atoms with Gasteiger partial charge in [-0.2, -0.15) is 0 Å². The fourth-order valence-electron chi connectivity index (χ4n) is 4.43. The van der Waals surface area contributed by atoms with E-state index in [1.807, 2.05) is 42.6 Å². The standard InChI is InChI=1S/C25H27N3O3S2/c1-16-26-24-22(33-16)13-21(19-9-12-32-25(19)24)31-15-23(29)27-18-7-10-28(11-8-18)14-17-5-3-4-6-20(17)30-2/h3-6,9,12-13,18H,7-8,10-11,14-15H2,1-2H3,(H,27,29). The summed E-state index contributed by atoms with van der Waals surface area (Å²) in [5.41, 5.74) is 2.22. The van der Waals surface area contributed by atoms with Crippen LogP contribution < -0.4 is 14.8 Å². The number of aryl methyl sites for hydroxylation is 1. The molecule has 0 unspecified atom stereocenters. The molecule has 5 rings (SSSR count). The maximum absolute atomic E-state index is 12.6. The number of hydrogen-bond acceptors (Lipinski definition) is 7. The van der Waals surface area contributed by atoms with Crippen LogP contribution in [0.25, 0.3) is 20.3 Å². The number of nitrogens with one attached hydrogen (secondary N) is 1. The molecule has 1 aliphatic rings. The predicted molar refractivity (Wildman–Crippen MR) is 135 cm³/mol. The molecule has 8 heteroatoms. The molecule has 1 aliphatic heterocycles. The van der Waals surface area contributed by atoms with E-state index in [9.17, 15) is 4.79 Å². The highest BCUT2D eigenvalue weighted by atomic mass is 32.1. The number of rotatable bonds is 7. The molecule has 2 aromatic heterocycles. The van der Waals surface area contributed by atoms with E-state index in [0.717, 1.165) is 69.3 Å². The van der Waals surface area contributed by atoms with E-state index in [0.29, 0.717) is 0 Å². The van der Waals surface area contributed by atoms with Crippen molar-refractivity contribution in [2.24, 2.45) is 0 Å². The summed E-state index contributed by atoms with van der Waals surface area (Å²) >= 11 is 3.31. The van der Waals surface area contributed by atoms with Gasteiger partial charge in [-0.15, -0.1) is 22.7 Å². The molecule has 0 aliphatic carbocycles. The molecule has 0 bridgehead atoms. The van der Waals surface area contributed by atoms with Crippen LogP contribution in [-0.2, 0) is 11.3 Å². The lowest BCUT2D eigenvalue weighted by atomic mass is 10.0. The van der Waals surface area contributed by atoms with Crippen molar-refractivity contribution in [3.63, 3.8) is 0 Å². The predicted octanol–water partition coefficient (Wildman–Crippen LogP) is 4.99. The summed E-state index contributed by atoms with van der Waals surface area (Å²) < 4.78 is 13.7. The van der Waals surface area contributed by atoms with Gasteiger partial charge in [-0.25, -0.2) is 4.98 Å². The highest BCUT2D eigenvalue weighted by molar-refractivity contribution is 7.21. The normalized spacial score (nSPS) is 15.2. The molecule has 1 saturated heterocycles. The summed E-state index contributed by atoms with van der Waals surface area (Å²) in [5, 5.41) is 7.26. The van der Waals surface area contributed by atoms with Gasteiger partial charge >= 0.3 is 0 Å². The van der Waals surface area contributed by atoms with Crippen LogP contribution in [0, 0.1) is 6.92 Å². The van der Waals surface area contributed by atoms with Crippen LogP contribution >= 0.6 is 22.7 Å². The Balaban J connectivity index is 1.14. The summed E-state index contributed by atoms with van der Waals surface area (Å²) in [6, 6.07) is 12.4. The Kier molecular flexibility index (Phi) is 6.48. The molecule has 2 aromatic carbocycles. The lowest BCUT2D eigenvalue weighted by Gasteiger charge is -2.32. The van der Waals surface area contributed by atoms with E-state index in [4.69, 9.17) is 9.47 Å². The minimum Gasteiger partial charge on any atom is -0.496 e. The monoisotopic (exact) mass is 481 g/mol. The molecule has 4 aromatic rings. The van der Waals surface area contributed by atoms with Crippen molar-refractivity contribution in [3.8, 4) is 11.5 Å². The van der Waals surface area contributed by atoms with Crippen LogP contribution in [0.4, 0.5) is 0 Å². The highest BCUT2D eigenvalue weighted by Crippen LogP contribution is 2.38. The van der Waals surface area contributed by atoms with Crippen molar-refractivity contribution in [1.29, 1.82) is 0 Å². The van der Waals surface area contributed by atoms with Crippen LogP contribution in [-0.4, -0.2) is 48.6 Å². The summed E-state index contributed by atoms with van der Waals surface area (Å²) in [5.74, 6) is 1.61. The number of hydrogen-bond donors (Lipinski definition) is 1. The van der Waals surface area contributed by atoms with Crippen LogP contribution in [0.2, 0.25) is 0 Å². The Morgan fingerprint density at radius 2 is 2.03 bits per heavy atom. The van der Waals surface area contributed by atoms with Gasteiger partial charge in [0.25, 0.3) is 5.91 Å². The molecule has 0 atom stereocenters. The smallest absolute Gasteiger partial charge is 0.258 e. The number of para-hydroxylation sites is 1. The second kappa shape index (κ2) is 9.67. The molecule has 1 fully saturated rings. The van der Waals surface area contributed by atoms with Crippen molar-refractivity contribution >= 4 is 48.9 Å². The fourth-order valence-corrected chi connectivity index (χ4v) is 6.26. The van der Waals surface area contributed by atoms with Crippen molar-refractivity contribution < 1.29 is 14.3 Å². The largest absolute Gasteiger partial charge is 0.496 e. The second-order valence-corrected chi connectivity index (χ2v) is 10.5. The average molecular weight is 482 g/mol. The van der Waals surface area contributed by atoms with Crippen LogP contribution in [0.5, 0.6) is 11.5 Å². The van der Waals surface area contributed by atoms with Crippen LogP contribution in [0.15, 0.2) is 41.8 Å². The number of carbonyl (C=O) groups excluding carboxylic acids is 1. The molecule has 6 nitrogen and oxygen atoms in total. The van der Waals surface area contributed by atoms with E-state index >= 15 is 0 Å². The Bertz CT molecular complexity index is 1270. The Hall–Kier alpha value is -2.68. The summed E-state index contributed by atoms with van der Waals surface area (Å²) in [7, 11) is 1.71. The Labute approximate surface area is 201 Å². The first-order valence-electron chi connectivity index (χ1n) is 11.1. The topological polar surface area (TPSA) is 63.7 Å². The third-order valence-corrected chi connectivity index (χ3v) is 7.91. The van der Waals surface area contributed by atoms with Gasteiger partial charge < -0.3 is 14.8 Å². The lowest BCUT2D eigenvalue weighted by Crippen LogP contribution is -2.45. The number of nitrogens with zero attached hydrogens (tertiary/aromatic N) is 2. The zero-order chi connectivity index (χ0) is 22.8. The highest BCUT2D eigenvalue weighted by Gasteiger charge is 2.22. The first-order valence-corrected chi connectivity index (χ1v) is 12.8. The van der Waals surface area contributed by atoms with E-state index in [-0.39, 0.29) is 18.6 Å². The van der Waals surface area contributed by atoms with Gasteiger partial charge in [0.1, 0.15) is 11.5 Å². The van der Waals surface area contributed by atoms with Gasteiger partial charge in [-0.3, -0.25) is 9.69 Å². The van der Waals surface area contributed by atoms with Gasteiger partial charge in [0.05, 0.1) is 27.0 Å². The van der Waals surface area contributed by atoms with E-state index in [1.165, 1.54) is 5.56 Å². The summed E-state index contributed by atoms with van der Waals surface area (Å²) in [6.07, 6.45) is 1.86. The van der Waals surface area contributed by atoms with Crippen molar-refractivity contribution in [2.45, 2.75) is 32.4 Å². The molecule has 172 valence electrons. The zero-order valence-corrected chi connectivity index (χ0v) is 20.4. The van der Waals surface area contributed by atoms with E-state index < -0.39 is 0 Å². The Morgan fingerprint density at radius 1 is 1.21 bits per heavy atom. The molecule has 33 heavy (non-hydrogen) atoms. The third kappa shape index (κ3) is 4.83. The summed E-state index contributed by atoms with van der Waals surface area (Å²) in [4.78, 5) is 19.7. The minimum atomic E-state index is -0.0675. The lowest BCUT2D eigenvalue weighted by molar-refractivity contribution is -0.124. The number of benzene rings is 2. The average Bonchev–Trinajstić information content (AvgIpc) is 3.45. The SMILES string of the molecule is COc1ccccc1CN1CCC(NC(=O)COc2cc3sc(C)nc3c3sccc23)CC1. The fraction of sp³-hybridized carbons (Fsp3) is 0.360. The second-order valence-electron chi connectivity index (χ2n) is 8.34. The maximum atomic E-state index is 12.6. The number of aromatic nitrogens is 1. The number of methoxy groups -OCH3 is 1. The zero-order valence-electron chi connectivity index (χ0n) is 18.8. The number of piperidine rings is 1. The number of ether oxygens (including phenoxy) is 2. The van der Waals surface area contributed by atoms with E-state index in [2.05, 4.69) is 21.3 Å². The van der Waals surface area contributed by atoms with Crippen molar-refractivity contribution in [2.75, 3.05) is 26.8 Å². The van der Waals surface area contributed by atoms with Gasteiger partial charge in [-0.1, -0.05) is 18.2 Å². The quantitative estimate of drug-likeness (QED) is 0.403. The number of amides is 1. The number of likely N-dealkylation sites (tertiary alicyclic amines) is 1. The van der Waals surface area contributed by atoms with Crippen molar-refractivity contribution in [1.82, 2.24) is 15.2 Å². The third-order valence-electron chi connectivity index (χ3n) is 6.07. The number of carbonyl (C=O) groups is 1. The number of thiazole rings is 1. The minimum absolute atomic E-state index is 0.0235. The molecule has 0 saturated carbocycles. The first-order chi connectivity index (χ1) is 16.1. The number of fused-ring (bicyclic) bond motifs is 3. The molecule has 1 amide bonds. The molecule has 3 heterocycles. The van der Waals surface area contributed by atoms with Crippen molar-refractivity contribution in [3.05, 3.63) is 52.3 Å². The van der Waals surface area contributed by atoms with Gasteiger partial charge in [-0.05, 0) is 37.3 Å². The molecule has 1 N–H and O–H groups in total. The number of thiophene rings is 1. The Morgan fingerprint density at radius 3 is 2.85 bits per heavy atom. The van der Waals surface area contributed by atoms with E-state index in [1.54, 1.807) is 29.8 Å². The molecular weight excluding hydrogens is 454 g/mol. The molecule has 0 radical (unpaired) electrons. The van der Waals surface area contributed by atoms with Gasteiger partial charge in [0, 0.05) is 42.7 Å². The van der Waals surface area contributed by atoms with Crippen LogP contribution in [0.3, 0.4) is 0 Å². The molecule has 0 spiro atoms. The summed E-state index contributed by atoms with van der Waals surface area (Å²) in [6.45, 7) is 4.79. The first kappa shape index (κ1) is 22.1. The maximum Gasteiger partial charge on any atom is 0.258 e.